The van der Waals surface area contributed by atoms with Crippen molar-refractivity contribution in [2.45, 2.75) is 9.92 Å². The Labute approximate surface area is 120 Å². The van der Waals surface area contributed by atoms with E-state index < -0.39 is 0 Å². The first-order valence-corrected chi connectivity index (χ1v) is 6.82. The molecule has 0 bridgehead atoms. The lowest BCUT2D eigenvalue weighted by atomic mass is 10.3. The maximum absolute atomic E-state index is 5.64. The Kier molecular flexibility index (Phi) is 3.51. The molecule has 0 atom stereocenters. The van der Waals surface area contributed by atoms with E-state index >= 15 is 0 Å². The molecule has 1 aromatic carbocycles. The highest BCUT2D eigenvalue weighted by Crippen LogP contribution is 2.36. The fourth-order valence-electron chi connectivity index (χ4n) is 1.79. The van der Waals surface area contributed by atoms with E-state index in [1.807, 2.05) is 18.2 Å². The van der Waals surface area contributed by atoms with Crippen LogP contribution in [0.1, 0.15) is 0 Å². The van der Waals surface area contributed by atoms with Crippen LogP contribution >= 0.6 is 11.8 Å². The van der Waals surface area contributed by atoms with Crippen LogP contribution in [0.3, 0.4) is 0 Å². The molecule has 0 unspecified atom stereocenters. The number of methoxy groups -OCH3 is 1. The summed E-state index contributed by atoms with van der Waals surface area (Å²) < 4.78 is 16.1. The predicted octanol–water partition coefficient (Wildman–Crippen LogP) is 1.99. The molecule has 0 aliphatic carbocycles. The summed E-state index contributed by atoms with van der Waals surface area (Å²) in [5.74, 6) is 2.14. The van der Waals surface area contributed by atoms with E-state index in [1.54, 1.807) is 13.2 Å². The van der Waals surface area contributed by atoms with Crippen molar-refractivity contribution in [1.82, 2.24) is 9.97 Å². The van der Waals surface area contributed by atoms with E-state index in [1.165, 1.54) is 11.8 Å². The SMILES string of the molecule is COc1cc(Sc2ccc3c(c2)OCCO3)nc(N)n1. The Bertz CT molecular complexity index is 636. The molecule has 2 aromatic rings. The van der Waals surface area contributed by atoms with Gasteiger partial charge < -0.3 is 19.9 Å². The van der Waals surface area contributed by atoms with Gasteiger partial charge in [0.05, 0.1) is 7.11 Å². The minimum atomic E-state index is 0.185. The van der Waals surface area contributed by atoms with E-state index in [0.717, 1.165) is 16.4 Å². The molecule has 0 saturated carbocycles. The lowest BCUT2D eigenvalue weighted by Crippen LogP contribution is -2.15. The van der Waals surface area contributed by atoms with Gasteiger partial charge in [0.25, 0.3) is 0 Å². The summed E-state index contributed by atoms with van der Waals surface area (Å²) in [5, 5.41) is 0.714. The van der Waals surface area contributed by atoms with Crippen molar-refractivity contribution < 1.29 is 14.2 Å². The number of nitrogens with zero attached hydrogens (tertiary/aromatic N) is 2. The predicted molar refractivity (Wildman–Crippen MR) is 74.6 cm³/mol. The Balaban J connectivity index is 1.85. The first-order valence-electron chi connectivity index (χ1n) is 6.00. The van der Waals surface area contributed by atoms with Gasteiger partial charge in [-0.3, -0.25) is 0 Å². The van der Waals surface area contributed by atoms with Crippen LogP contribution in [-0.2, 0) is 0 Å². The van der Waals surface area contributed by atoms with Crippen molar-refractivity contribution in [3.63, 3.8) is 0 Å². The Morgan fingerprint density at radius 3 is 2.75 bits per heavy atom. The third-order valence-corrected chi connectivity index (χ3v) is 3.55. The average molecular weight is 291 g/mol. The molecule has 0 saturated heterocycles. The molecule has 3 rings (SSSR count). The van der Waals surface area contributed by atoms with Crippen LogP contribution in [-0.4, -0.2) is 30.3 Å². The number of rotatable bonds is 3. The number of benzene rings is 1. The second kappa shape index (κ2) is 5.46. The van der Waals surface area contributed by atoms with Gasteiger partial charge in [-0.05, 0) is 18.2 Å². The van der Waals surface area contributed by atoms with Gasteiger partial charge in [-0.25, -0.2) is 4.98 Å². The molecule has 0 spiro atoms. The van der Waals surface area contributed by atoms with Crippen molar-refractivity contribution >= 4 is 17.7 Å². The fraction of sp³-hybridized carbons (Fsp3) is 0.231. The summed E-state index contributed by atoms with van der Waals surface area (Å²) in [6, 6.07) is 7.49. The van der Waals surface area contributed by atoms with E-state index in [0.29, 0.717) is 24.1 Å². The zero-order valence-corrected chi connectivity index (χ0v) is 11.6. The normalized spacial score (nSPS) is 13.1. The second-order valence-corrected chi connectivity index (χ2v) is 5.11. The quantitative estimate of drug-likeness (QED) is 0.866. The number of hydrogen-bond donors (Lipinski definition) is 1. The first kappa shape index (κ1) is 12.9. The number of fused-ring (bicyclic) bond motifs is 1. The lowest BCUT2D eigenvalue weighted by Gasteiger charge is -2.18. The van der Waals surface area contributed by atoms with Gasteiger partial charge in [0, 0.05) is 11.0 Å². The van der Waals surface area contributed by atoms with Gasteiger partial charge in [0.15, 0.2) is 11.5 Å². The maximum Gasteiger partial charge on any atom is 0.224 e. The highest BCUT2D eigenvalue weighted by atomic mass is 32.2. The summed E-state index contributed by atoms with van der Waals surface area (Å²) in [6.45, 7) is 1.15. The van der Waals surface area contributed by atoms with Gasteiger partial charge in [-0.1, -0.05) is 11.8 Å². The Hall–Kier alpha value is -2.15. The number of hydrogen-bond acceptors (Lipinski definition) is 7. The molecule has 1 aliphatic rings. The fourth-order valence-corrected chi connectivity index (χ4v) is 2.63. The molecular formula is C13H13N3O3S. The van der Waals surface area contributed by atoms with Crippen LogP contribution in [0, 0.1) is 0 Å². The maximum atomic E-state index is 5.64. The number of nitrogens with two attached hydrogens (primary N) is 1. The lowest BCUT2D eigenvalue weighted by molar-refractivity contribution is 0.171. The Morgan fingerprint density at radius 2 is 1.95 bits per heavy atom. The molecular weight excluding hydrogens is 278 g/mol. The highest BCUT2D eigenvalue weighted by Gasteiger charge is 2.13. The summed E-state index contributed by atoms with van der Waals surface area (Å²) in [6.07, 6.45) is 0. The van der Waals surface area contributed by atoms with E-state index in [4.69, 9.17) is 19.9 Å². The molecule has 1 aliphatic heterocycles. The third-order valence-electron chi connectivity index (χ3n) is 2.64. The molecule has 0 radical (unpaired) electrons. The largest absolute Gasteiger partial charge is 0.486 e. The zero-order chi connectivity index (χ0) is 13.9. The first-order chi connectivity index (χ1) is 9.74. The molecule has 20 heavy (non-hydrogen) atoms. The van der Waals surface area contributed by atoms with Crippen LogP contribution in [0.25, 0.3) is 0 Å². The standard InChI is InChI=1S/C13H13N3O3S/c1-17-11-7-12(16-13(14)15-11)20-8-2-3-9-10(6-8)19-5-4-18-9/h2-3,6-7H,4-5H2,1H3,(H2,14,15,16). The molecule has 0 fully saturated rings. The van der Waals surface area contributed by atoms with E-state index in [-0.39, 0.29) is 5.95 Å². The van der Waals surface area contributed by atoms with Gasteiger partial charge >= 0.3 is 0 Å². The number of anilines is 1. The van der Waals surface area contributed by atoms with Crippen LogP contribution in [0.15, 0.2) is 34.2 Å². The summed E-state index contributed by atoms with van der Waals surface area (Å²) >= 11 is 1.46. The minimum absolute atomic E-state index is 0.185. The smallest absolute Gasteiger partial charge is 0.224 e. The molecule has 2 N–H and O–H groups in total. The monoisotopic (exact) mass is 291 g/mol. The summed E-state index contributed by atoms with van der Waals surface area (Å²) in [5.41, 5.74) is 5.64. The molecule has 7 heteroatoms. The zero-order valence-electron chi connectivity index (χ0n) is 10.8. The van der Waals surface area contributed by atoms with Gasteiger partial charge in [-0.15, -0.1) is 0 Å². The molecule has 0 amide bonds. The van der Waals surface area contributed by atoms with Crippen molar-refractivity contribution in [3.8, 4) is 17.4 Å². The third kappa shape index (κ3) is 2.72. The number of ether oxygens (including phenoxy) is 3. The molecule has 6 nitrogen and oxygen atoms in total. The average Bonchev–Trinajstić information content (AvgIpc) is 2.46. The number of aromatic nitrogens is 2. The summed E-state index contributed by atoms with van der Waals surface area (Å²) in [4.78, 5) is 9.10. The minimum Gasteiger partial charge on any atom is -0.486 e. The van der Waals surface area contributed by atoms with Crippen molar-refractivity contribution in [3.05, 3.63) is 24.3 Å². The second-order valence-electron chi connectivity index (χ2n) is 4.01. The number of nitrogen functional groups attached to an aromatic ring is 1. The van der Waals surface area contributed by atoms with Crippen LogP contribution in [0.5, 0.6) is 17.4 Å². The summed E-state index contributed by atoms with van der Waals surface area (Å²) in [7, 11) is 1.54. The van der Waals surface area contributed by atoms with Crippen molar-refractivity contribution in [2.75, 3.05) is 26.1 Å². The highest BCUT2D eigenvalue weighted by molar-refractivity contribution is 7.99. The molecule has 1 aromatic heterocycles. The van der Waals surface area contributed by atoms with Gasteiger partial charge in [-0.2, -0.15) is 4.98 Å². The molecule has 2 heterocycles. The van der Waals surface area contributed by atoms with Gasteiger partial charge in [0.2, 0.25) is 11.8 Å². The van der Waals surface area contributed by atoms with Crippen molar-refractivity contribution in [1.29, 1.82) is 0 Å². The van der Waals surface area contributed by atoms with Gasteiger partial charge in [0.1, 0.15) is 18.2 Å². The molecule has 104 valence electrons. The van der Waals surface area contributed by atoms with E-state index in [9.17, 15) is 0 Å². The van der Waals surface area contributed by atoms with Crippen LogP contribution in [0.2, 0.25) is 0 Å². The van der Waals surface area contributed by atoms with E-state index in [2.05, 4.69) is 9.97 Å². The Morgan fingerprint density at radius 1 is 1.15 bits per heavy atom. The van der Waals surface area contributed by atoms with Crippen LogP contribution < -0.4 is 19.9 Å². The van der Waals surface area contributed by atoms with Crippen LogP contribution in [0.4, 0.5) is 5.95 Å². The van der Waals surface area contributed by atoms with Crippen molar-refractivity contribution in [2.24, 2.45) is 0 Å². The topological polar surface area (TPSA) is 79.5 Å².